The number of nitrogens with zero attached hydrogens (tertiary/aromatic N) is 1. The molecule has 1 rings (SSSR count). The lowest BCUT2D eigenvalue weighted by atomic mass is 10.2. The molecule has 0 spiro atoms. The van der Waals surface area contributed by atoms with Crippen LogP contribution in [0.15, 0.2) is 29.2 Å². The van der Waals surface area contributed by atoms with Crippen molar-refractivity contribution in [2.24, 2.45) is 0 Å². The highest BCUT2D eigenvalue weighted by Gasteiger charge is 2.31. The van der Waals surface area contributed by atoms with Gasteiger partial charge in [-0.15, -0.1) is 0 Å². The highest BCUT2D eigenvalue weighted by atomic mass is 32.2. The number of carboxylic acid groups (broad SMARTS) is 1. The lowest BCUT2D eigenvalue weighted by Gasteiger charge is -2.16. The highest BCUT2D eigenvalue weighted by Crippen LogP contribution is 2.30. The van der Waals surface area contributed by atoms with Gasteiger partial charge in [0.05, 0.1) is 16.9 Å². The van der Waals surface area contributed by atoms with E-state index in [1.807, 2.05) is 0 Å². The van der Waals surface area contributed by atoms with E-state index < -0.39 is 34.2 Å². The Morgan fingerprint density at radius 1 is 1.25 bits per heavy atom. The Labute approximate surface area is 113 Å². The number of sulfonamides is 1. The van der Waals surface area contributed by atoms with Gasteiger partial charge in [-0.3, -0.25) is 4.79 Å². The summed E-state index contributed by atoms with van der Waals surface area (Å²) in [5.41, 5.74) is -0.954. The van der Waals surface area contributed by atoms with Gasteiger partial charge in [0, 0.05) is 13.6 Å². The molecular formula is C11H12F3NO4S. The van der Waals surface area contributed by atoms with Crippen molar-refractivity contribution < 1.29 is 31.5 Å². The molecule has 0 unspecified atom stereocenters. The Bertz CT molecular complexity index is 581. The van der Waals surface area contributed by atoms with Gasteiger partial charge in [0.1, 0.15) is 0 Å². The van der Waals surface area contributed by atoms with Crippen LogP contribution in [0.3, 0.4) is 0 Å². The third-order valence-electron chi connectivity index (χ3n) is 2.53. The fourth-order valence-electron chi connectivity index (χ4n) is 1.37. The molecule has 0 heterocycles. The molecule has 1 aromatic rings. The minimum absolute atomic E-state index is 0.265. The molecule has 0 fully saturated rings. The molecule has 0 aliphatic carbocycles. The van der Waals surface area contributed by atoms with Crippen molar-refractivity contribution in [3.63, 3.8) is 0 Å². The number of rotatable bonds is 5. The maximum Gasteiger partial charge on any atom is 0.416 e. The summed E-state index contributed by atoms with van der Waals surface area (Å²) in [5, 5.41) is 8.48. The molecule has 0 aliphatic heterocycles. The standard InChI is InChI=1S/C11H12F3NO4S/c1-15(7-6-10(16)17)20(18,19)9-4-2-8(3-5-9)11(12,13)14/h2-5H,6-7H2,1H3,(H,16,17). The predicted octanol–water partition coefficient (Wildman–Crippen LogP) is 1.80. The average Bonchev–Trinajstić information content (AvgIpc) is 2.34. The fourth-order valence-corrected chi connectivity index (χ4v) is 2.54. The largest absolute Gasteiger partial charge is 0.481 e. The van der Waals surface area contributed by atoms with Gasteiger partial charge in [0.25, 0.3) is 0 Å². The first kappa shape index (κ1) is 16.4. The molecule has 112 valence electrons. The van der Waals surface area contributed by atoms with Gasteiger partial charge in [-0.05, 0) is 24.3 Å². The van der Waals surface area contributed by atoms with E-state index >= 15 is 0 Å². The summed E-state index contributed by atoms with van der Waals surface area (Å²) in [7, 11) is -2.83. The summed E-state index contributed by atoms with van der Waals surface area (Å²) in [6.45, 7) is -0.265. The van der Waals surface area contributed by atoms with Crippen molar-refractivity contribution in [1.82, 2.24) is 4.31 Å². The minimum atomic E-state index is -4.54. The number of benzene rings is 1. The topological polar surface area (TPSA) is 74.7 Å². The lowest BCUT2D eigenvalue weighted by molar-refractivity contribution is -0.138. The smallest absolute Gasteiger partial charge is 0.416 e. The molecule has 0 saturated heterocycles. The Morgan fingerprint density at radius 2 is 1.75 bits per heavy atom. The fraction of sp³-hybridized carbons (Fsp3) is 0.364. The maximum atomic E-state index is 12.4. The zero-order valence-electron chi connectivity index (χ0n) is 10.4. The molecule has 1 aromatic carbocycles. The molecule has 0 radical (unpaired) electrons. The van der Waals surface area contributed by atoms with Crippen molar-refractivity contribution in [3.05, 3.63) is 29.8 Å². The molecule has 0 atom stereocenters. The second kappa shape index (κ2) is 5.80. The van der Waals surface area contributed by atoms with Gasteiger partial charge in [-0.2, -0.15) is 13.2 Å². The van der Waals surface area contributed by atoms with Crippen LogP contribution in [0.1, 0.15) is 12.0 Å². The SMILES string of the molecule is CN(CCC(=O)O)S(=O)(=O)c1ccc(C(F)(F)F)cc1. The predicted molar refractivity (Wildman–Crippen MR) is 63.5 cm³/mol. The van der Waals surface area contributed by atoms with E-state index in [1.165, 1.54) is 0 Å². The summed E-state index contributed by atoms with van der Waals surface area (Å²) >= 11 is 0. The number of aliphatic carboxylic acids is 1. The molecule has 9 heteroatoms. The third-order valence-corrected chi connectivity index (χ3v) is 4.40. The van der Waals surface area contributed by atoms with Crippen molar-refractivity contribution in [3.8, 4) is 0 Å². The summed E-state index contributed by atoms with van der Waals surface area (Å²) in [6.07, 6.45) is -4.94. The summed E-state index contributed by atoms with van der Waals surface area (Å²) in [6, 6.07) is 3.01. The normalized spacial score (nSPS) is 12.7. The second-order valence-corrected chi connectivity index (χ2v) is 6.04. The Hall–Kier alpha value is -1.61. The summed E-state index contributed by atoms with van der Waals surface area (Å²) in [5.74, 6) is -1.17. The van der Waals surface area contributed by atoms with Crippen LogP contribution < -0.4 is 0 Å². The van der Waals surface area contributed by atoms with E-state index in [2.05, 4.69) is 0 Å². The van der Waals surface area contributed by atoms with E-state index in [9.17, 15) is 26.4 Å². The lowest BCUT2D eigenvalue weighted by Crippen LogP contribution is -2.29. The van der Waals surface area contributed by atoms with Crippen LogP contribution in [0.4, 0.5) is 13.2 Å². The van der Waals surface area contributed by atoms with Gasteiger partial charge in [-0.25, -0.2) is 12.7 Å². The molecule has 1 N–H and O–H groups in total. The van der Waals surface area contributed by atoms with Crippen LogP contribution >= 0.6 is 0 Å². The van der Waals surface area contributed by atoms with E-state index in [-0.39, 0.29) is 11.4 Å². The number of halogens is 3. The van der Waals surface area contributed by atoms with Crippen molar-refractivity contribution in [1.29, 1.82) is 0 Å². The molecule has 5 nitrogen and oxygen atoms in total. The van der Waals surface area contributed by atoms with Gasteiger partial charge in [0.15, 0.2) is 0 Å². The molecule has 0 saturated carbocycles. The highest BCUT2D eigenvalue weighted by molar-refractivity contribution is 7.89. The molecule has 0 aromatic heterocycles. The van der Waals surface area contributed by atoms with E-state index in [4.69, 9.17) is 5.11 Å². The Kier molecular flexibility index (Phi) is 4.77. The van der Waals surface area contributed by atoms with Crippen molar-refractivity contribution in [2.75, 3.05) is 13.6 Å². The van der Waals surface area contributed by atoms with E-state index in [0.29, 0.717) is 12.1 Å². The van der Waals surface area contributed by atoms with Crippen LogP contribution in [-0.4, -0.2) is 37.4 Å². The Morgan fingerprint density at radius 3 is 2.15 bits per heavy atom. The van der Waals surface area contributed by atoms with Gasteiger partial charge < -0.3 is 5.11 Å². The van der Waals surface area contributed by atoms with E-state index in [1.54, 1.807) is 0 Å². The van der Waals surface area contributed by atoms with Crippen LogP contribution in [0, 0.1) is 0 Å². The molecule has 0 amide bonds. The number of alkyl halides is 3. The number of carbonyl (C=O) groups is 1. The summed E-state index contributed by atoms with van der Waals surface area (Å²) < 4.78 is 61.8. The number of hydrogen-bond donors (Lipinski definition) is 1. The molecular weight excluding hydrogens is 299 g/mol. The third kappa shape index (κ3) is 3.94. The van der Waals surface area contributed by atoms with Gasteiger partial charge >= 0.3 is 12.1 Å². The van der Waals surface area contributed by atoms with Gasteiger partial charge in [-0.1, -0.05) is 0 Å². The first-order valence-corrected chi connectivity index (χ1v) is 6.84. The van der Waals surface area contributed by atoms with Crippen LogP contribution in [0.5, 0.6) is 0 Å². The zero-order valence-corrected chi connectivity index (χ0v) is 11.2. The zero-order chi connectivity index (χ0) is 15.6. The van der Waals surface area contributed by atoms with Crippen LogP contribution in [0.25, 0.3) is 0 Å². The van der Waals surface area contributed by atoms with Crippen molar-refractivity contribution >= 4 is 16.0 Å². The molecule has 0 bridgehead atoms. The van der Waals surface area contributed by atoms with E-state index in [0.717, 1.165) is 23.5 Å². The Balaban J connectivity index is 2.96. The van der Waals surface area contributed by atoms with Crippen LogP contribution in [-0.2, 0) is 21.0 Å². The first-order chi connectivity index (χ1) is 9.05. The number of carboxylic acids is 1. The minimum Gasteiger partial charge on any atom is -0.481 e. The monoisotopic (exact) mass is 311 g/mol. The quantitative estimate of drug-likeness (QED) is 0.900. The first-order valence-electron chi connectivity index (χ1n) is 5.40. The number of hydrogen-bond acceptors (Lipinski definition) is 3. The average molecular weight is 311 g/mol. The van der Waals surface area contributed by atoms with Crippen molar-refractivity contribution in [2.45, 2.75) is 17.5 Å². The molecule has 20 heavy (non-hydrogen) atoms. The second-order valence-electron chi connectivity index (χ2n) is 3.99. The van der Waals surface area contributed by atoms with Gasteiger partial charge in [0.2, 0.25) is 10.0 Å². The molecule has 0 aliphatic rings. The van der Waals surface area contributed by atoms with Crippen LogP contribution in [0.2, 0.25) is 0 Å². The maximum absolute atomic E-state index is 12.4. The summed E-state index contributed by atoms with van der Waals surface area (Å²) in [4.78, 5) is 10.1.